The SMILES string of the molecule is CCC1CCCCN1C(=O)CSc1nnc(COc2cc(C)cc(C)c2)n1N. The quantitative estimate of drug-likeness (QED) is 0.565. The molecule has 1 aromatic heterocycles. The number of nitrogen functional groups attached to an aromatic ring is 1. The lowest BCUT2D eigenvalue weighted by atomic mass is 10.0. The fourth-order valence-electron chi connectivity index (χ4n) is 3.63. The van der Waals surface area contributed by atoms with Crippen molar-refractivity contribution in [3.63, 3.8) is 0 Å². The Balaban J connectivity index is 1.56. The summed E-state index contributed by atoms with van der Waals surface area (Å²) >= 11 is 1.33. The van der Waals surface area contributed by atoms with E-state index in [9.17, 15) is 4.79 Å². The number of ether oxygens (including phenoxy) is 1. The highest BCUT2D eigenvalue weighted by Crippen LogP contribution is 2.23. The van der Waals surface area contributed by atoms with Gasteiger partial charge in [0.05, 0.1) is 5.75 Å². The van der Waals surface area contributed by atoms with E-state index in [1.165, 1.54) is 22.9 Å². The second kappa shape index (κ2) is 9.32. The number of amides is 1. The van der Waals surface area contributed by atoms with Gasteiger partial charge in [-0.3, -0.25) is 4.79 Å². The summed E-state index contributed by atoms with van der Waals surface area (Å²) in [6.07, 6.45) is 4.39. The summed E-state index contributed by atoms with van der Waals surface area (Å²) in [5.41, 5.74) is 2.28. The largest absolute Gasteiger partial charge is 0.486 e. The molecule has 1 unspecified atom stereocenters. The molecule has 2 heterocycles. The average Bonchev–Trinajstić information content (AvgIpc) is 3.03. The molecule has 0 saturated carbocycles. The van der Waals surface area contributed by atoms with Crippen LogP contribution in [0.15, 0.2) is 23.4 Å². The summed E-state index contributed by atoms with van der Waals surface area (Å²) in [4.78, 5) is 14.6. The number of rotatable bonds is 7. The first kappa shape index (κ1) is 20.5. The summed E-state index contributed by atoms with van der Waals surface area (Å²) in [5, 5.41) is 8.76. The molecule has 0 bridgehead atoms. The van der Waals surface area contributed by atoms with Crippen molar-refractivity contribution >= 4 is 17.7 Å². The second-order valence-corrected chi connectivity index (χ2v) is 8.26. The molecule has 3 rings (SSSR count). The van der Waals surface area contributed by atoms with E-state index in [1.807, 2.05) is 30.9 Å². The Hall–Kier alpha value is -2.22. The van der Waals surface area contributed by atoms with Crippen molar-refractivity contribution in [2.24, 2.45) is 0 Å². The van der Waals surface area contributed by atoms with Gasteiger partial charge in [0.25, 0.3) is 0 Å². The second-order valence-electron chi connectivity index (χ2n) is 7.31. The van der Waals surface area contributed by atoms with Gasteiger partial charge < -0.3 is 15.5 Å². The molecule has 1 amide bonds. The van der Waals surface area contributed by atoms with Crippen LogP contribution in [-0.4, -0.2) is 44.0 Å². The van der Waals surface area contributed by atoms with Crippen LogP contribution >= 0.6 is 11.8 Å². The lowest BCUT2D eigenvalue weighted by molar-refractivity contribution is -0.132. The molecule has 7 nitrogen and oxygen atoms in total. The number of nitrogens with two attached hydrogens (primary N) is 1. The molecule has 1 atom stereocenters. The van der Waals surface area contributed by atoms with Gasteiger partial charge in [-0.25, -0.2) is 4.68 Å². The third-order valence-corrected chi connectivity index (χ3v) is 5.97. The van der Waals surface area contributed by atoms with Crippen molar-refractivity contribution < 1.29 is 9.53 Å². The number of likely N-dealkylation sites (tertiary alicyclic amines) is 1. The topological polar surface area (TPSA) is 86.3 Å². The predicted octanol–water partition coefficient (Wildman–Crippen LogP) is 3.07. The lowest BCUT2D eigenvalue weighted by Crippen LogP contribution is -2.44. The molecule has 1 aliphatic heterocycles. The van der Waals surface area contributed by atoms with Gasteiger partial charge in [0.1, 0.15) is 12.4 Å². The summed E-state index contributed by atoms with van der Waals surface area (Å²) in [7, 11) is 0. The number of aromatic nitrogens is 3. The van der Waals surface area contributed by atoms with Crippen LogP contribution in [-0.2, 0) is 11.4 Å². The molecule has 28 heavy (non-hydrogen) atoms. The van der Waals surface area contributed by atoms with Gasteiger partial charge in [-0.1, -0.05) is 24.8 Å². The van der Waals surface area contributed by atoms with Gasteiger partial charge in [0.15, 0.2) is 5.82 Å². The van der Waals surface area contributed by atoms with Crippen LogP contribution in [0.4, 0.5) is 0 Å². The first-order chi connectivity index (χ1) is 13.5. The van der Waals surface area contributed by atoms with Crippen molar-refractivity contribution in [1.29, 1.82) is 0 Å². The molecule has 1 saturated heterocycles. The Morgan fingerprint density at radius 2 is 2.00 bits per heavy atom. The van der Waals surface area contributed by atoms with Crippen LogP contribution in [0.3, 0.4) is 0 Å². The van der Waals surface area contributed by atoms with Gasteiger partial charge in [0.2, 0.25) is 11.1 Å². The molecule has 1 fully saturated rings. The Morgan fingerprint density at radius 1 is 1.25 bits per heavy atom. The van der Waals surface area contributed by atoms with E-state index < -0.39 is 0 Å². The van der Waals surface area contributed by atoms with Crippen LogP contribution in [0.25, 0.3) is 0 Å². The number of piperidine rings is 1. The Kier molecular flexibility index (Phi) is 6.83. The maximum Gasteiger partial charge on any atom is 0.233 e. The number of carbonyl (C=O) groups excluding carboxylic acids is 1. The molecule has 1 aromatic carbocycles. The fourth-order valence-corrected chi connectivity index (χ4v) is 4.39. The predicted molar refractivity (Wildman–Crippen MR) is 111 cm³/mol. The van der Waals surface area contributed by atoms with Gasteiger partial charge in [0, 0.05) is 12.6 Å². The molecular formula is C20H29N5O2S. The van der Waals surface area contributed by atoms with Crippen LogP contribution < -0.4 is 10.6 Å². The number of aryl methyl sites for hydroxylation is 2. The smallest absolute Gasteiger partial charge is 0.233 e. The molecule has 0 spiro atoms. The normalized spacial score (nSPS) is 17.0. The van der Waals surface area contributed by atoms with Crippen molar-refractivity contribution in [3.05, 3.63) is 35.2 Å². The summed E-state index contributed by atoms with van der Waals surface area (Å²) in [5.74, 6) is 7.89. The van der Waals surface area contributed by atoms with Gasteiger partial charge >= 0.3 is 0 Å². The molecule has 2 N–H and O–H groups in total. The minimum Gasteiger partial charge on any atom is -0.486 e. The van der Waals surface area contributed by atoms with Crippen molar-refractivity contribution in [2.45, 2.75) is 64.3 Å². The van der Waals surface area contributed by atoms with Crippen LogP contribution in [0.2, 0.25) is 0 Å². The fraction of sp³-hybridized carbons (Fsp3) is 0.550. The van der Waals surface area contributed by atoms with E-state index in [1.54, 1.807) is 0 Å². The van der Waals surface area contributed by atoms with E-state index in [2.05, 4.69) is 23.2 Å². The third-order valence-electron chi connectivity index (χ3n) is 5.04. The van der Waals surface area contributed by atoms with Gasteiger partial charge in [-0.2, -0.15) is 0 Å². The van der Waals surface area contributed by atoms with Crippen LogP contribution in [0.5, 0.6) is 5.75 Å². The van der Waals surface area contributed by atoms with Crippen molar-refractivity contribution in [2.75, 3.05) is 18.1 Å². The first-order valence-electron chi connectivity index (χ1n) is 9.80. The van der Waals surface area contributed by atoms with Crippen molar-refractivity contribution in [1.82, 2.24) is 19.8 Å². The summed E-state index contributed by atoms with van der Waals surface area (Å²) < 4.78 is 7.22. The maximum absolute atomic E-state index is 12.6. The van der Waals surface area contributed by atoms with E-state index in [0.29, 0.717) is 22.8 Å². The van der Waals surface area contributed by atoms with E-state index in [0.717, 1.165) is 42.7 Å². The highest BCUT2D eigenvalue weighted by molar-refractivity contribution is 7.99. The van der Waals surface area contributed by atoms with Gasteiger partial charge in [-0.05, 0) is 62.8 Å². The van der Waals surface area contributed by atoms with Crippen LogP contribution in [0.1, 0.15) is 49.6 Å². The Bertz CT molecular complexity index is 803. The Labute approximate surface area is 170 Å². The molecule has 152 valence electrons. The number of thioether (sulfide) groups is 1. The summed E-state index contributed by atoms with van der Waals surface area (Å²) in [6, 6.07) is 6.40. The minimum atomic E-state index is 0.146. The van der Waals surface area contributed by atoms with Crippen LogP contribution in [0, 0.1) is 13.8 Å². The maximum atomic E-state index is 12.6. The first-order valence-corrected chi connectivity index (χ1v) is 10.8. The number of hydrogen-bond donors (Lipinski definition) is 1. The molecule has 1 aliphatic rings. The highest BCUT2D eigenvalue weighted by atomic mass is 32.2. The average molecular weight is 404 g/mol. The molecular weight excluding hydrogens is 374 g/mol. The number of hydrogen-bond acceptors (Lipinski definition) is 6. The summed E-state index contributed by atoms with van der Waals surface area (Å²) in [6.45, 7) is 7.28. The molecule has 2 aromatic rings. The monoisotopic (exact) mass is 403 g/mol. The number of nitrogens with zero attached hydrogens (tertiary/aromatic N) is 4. The van der Waals surface area contributed by atoms with E-state index in [-0.39, 0.29) is 12.5 Å². The zero-order valence-corrected chi connectivity index (χ0v) is 17.7. The van der Waals surface area contributed by atoms with Crippen molar-refractivity contribution in [3.8, 4) is 5.75 Å². The standard InChI is InChI=1S/C20H29N5O2S/c1-4-16-7-5-6-8-24(16)19(26)13-28-20-23-22-18(25(20)21)12-27-17-10-14(2)9-15(3)11-17/h9-11,16H,4-8,12-13,21H2,1-3H3. The molecule has 8 heteroatoms. The van der Waals surface area contributed by atoms with Gasteiger partial charge in [-0.15, -0.1) is 10.2 Å². The molecule has 0 radical (unpaired) electrons. The van der Waals surface area contributed by atoms with E-state index in [4.69, 9.17) is 10.6 Å². The van der Waals surface area contributed by atoms with E-state index >= 15 is 0 Å². The number of carbonyl (C=O) groups is 1. The Morgan fingerprint density at radius 3 is 2.71 bits per heavy atom. The zero-order chi connectivity index (χ0) is 20.1. The minimum absolute atomic E-state index is 0.146. The lowest BCUT2D eigenvalue weighted by Gasteiger charge is -2.35. The third kappa shape index (κ3) is 4.98. The number of benzene rings is 1. The zero-order valence-electron chi connectivity index (χ0n) is 16.9. The molecule has 0 aliphatic carbocycles. The highest BCUT2D eigenvalue weighted by Gasteiger charge is 2.25.